The van der Waals surface area contributed by atoms with Crippen LogP contribution in [0.3, 0.4) is 0 Å². The first-order valence-electron chi connectivity index (χ1n) is 5.51. The Morgan fingerprint density at radius 3 is 2.40 bits per heavy atom. The first kappa shape index (κ1) is 12.1. The van der Waals surface area contributed by atoms with Crippen LogP contribution < -0.4 is 5.32 Å². The van der Waals surface area contributed by atoms with E-state index in [0.29, 0.717) is 5.92 Å². The van der Waals surface area contributed by atoms with Crippen molar-refractivity contribution in [3.05, 3.63) is 29.8 Å². The first-order chi connectivity index (χ1) is 7.22. The molecule has 1 unspecified atom stereocenters. The van der Waals surface area contributed by atoms with E-state index in [1.165, 1.54) is 12.3 Å². The summed E-state index contributed by atoms with van der Waals surface area (Å²) in [5.41, 5.74) is 0.924. The van der Waals surface area contributed by atoms with E-state index in [4.69, 9.17) is 0 Å². The van der Waals surface area contributed by atoms with Gasteiger partial charge >= 0.3 is 0 Å². The lowest BCUT2D eigenvalue weighted by molar-refractivity contribution is 0.352. The number of hydrogen-bond donors (Lipinski definition) is 1. The van der Waals surface area contributed by atoms with Crippen LogP contribution in [0.4, 0.5) is 4.39 Å². The smallest absolute Gasteiger partial charge is 0.141 e. The van der Waals surface area contributed by atoms with Crippen LogP contribution in [-0.4, -0.2) is 12.0 Å². The minimum Gasteiger partial charge on any atom is -0.311 e. The highest BCUT2D eigenvalue weighted by Crippen LogP contribution is 2.25. The molecule has 0 aliphatic rings. The summed E-state index contributed by atoms with van der Waals surface area (Å²) in [5.74, 6) is 0.270. The molecule has 1 atom stereocenters. The second-order valence-electron chi connectivity index (χ2n) is 3.74. The maximum atomic E-state index is 12.7. The molecule has 3 heteroatoms. The van der Waals surface area contributed by atoms with Gasteiger partial charge in [0.1, 0.15) is 5.82 Å². The van der Waals surface area contributed by atoms with E-state index in [9.17, 15) is 4.39 Å². The highest BCUT2D eigenvalue weighted by atomic mass is 19.1. The van der Waals surface area contributed by atoms with Gasteiger partial charge in [-0.2, -0.15) is 0 Å². The Hall–Kier alpha value is -0.960. The van der Waals surface area contributed by atoms with Crippen LogP contribution in [0.5, 0.6) is 0 Å². The van der Waals surface area contributed by atoms with Crippen molar-refractivity contribution in [1.29, 1.82) is 0 Å². The summed E-state index contributed by atoms with van der Waals surface area (Å²) in [6, 6.07) is 3.45. The first-order valence-corrected chi connectivity index (χ1v) is 5.51. The highest BCUT2D eigenvalue weighted by molar-refractivity contribution is 5.10. The fraction of sp³-hybridized carbons (Fsp3) is 0.583. The molecule has 1 aromatic rings. The topological polar surface area (TPSA) is 24.9 Å². The number of hydrogen-bond acceptors (Lipinski definition) is 2. The SMILES string of the molecule is CCC(CC)C(NC)c1ccc(F)cn1. The van der Waals surface area contributed by atoms with E-state index < -0.39 is 0 Å². The number of halogens is 1. The average molecular weight is 210 g/mol. The van der Waals surface area contributed by atoms with Crippen molar-refractivity contribution in [1.82, 2.24) is 10.3 Å². The fourth-order valence-corrected chi connectivity index (χ4v) is 1.96. The molecule has 0 saturated carbocycles. The van der Waals surface area contributed by atoms with E-state index in [2.05, 4.69) is 24.1 Å². The van der Waals surface area contributed by atoms with Crippen molar-refractivity contribution >= 4 is 0 Å². The predicted octanol–water partition coefficient (Wildman–Crippen LogP) is 2.92. The van der Waals surface area contributed by atoms with Crippen LogP contribution in [0, 0.1) is 11.7 Å². The maximum absolute atomic E-state index is 12.7. The molecule has 0 spiro atoms. The molecule has 1 N–H and O–H groups in total. The molecule has 0 amide bonds. The molecular weight excluding hydrogens is 191 g/mol. The zero-order chi connectivity index (χ0) is 11.3. The molecule has 2 nitrogen and oxygen atoms in total. The summed E-state index contributed by atoms with van der Waals surface area (Å²) >= 11 is 0. The van der Waals surface area contributed by atoms with Gasteiger partial charge in [0, 0.05) is 0 Å². The van der Waals surface area contributed by atoms with Gasteiger partial charge in [0.05, 0.1) is 17.9 Å². The molecule has 1 heterocycles. The summed E-state index contributed by atoms with van der Waals surface area (Å²) in [6.07, 6.45) is 3.48. The Labute approximate surface area is 90.9 Å². The number of pyridine rings is 1. The van der Waals surface area contributed by atoms with Gasteiger partial charge in [0.25, 0.3) is 0 Å². The van der Waals surface area contributed by atoms with E-state index >= 15 is 0 Å². The summed E-state index contributed by atoms with van der Waals surface area (Å²) in [6.45, 7) is 4.34. The van der Waals surface area contributed by atoms with Crippen molar-refractivity contribution < 1.29 is 4.39 Å². The van der Waals surface area contributed by atoms with Crippen LogP contribution >= 0.6 is 0 Å². The molecule has 0 aliphatic heterocycles. The maximum Gasteiger partial charge on any atom is 0.141 e. The van der Waals surface area contributed by atoms with Gasteiger partial charge in [0.2, 0.25) is 0 Å². The summed E-state index contributed by atoms with van der Waals surface area (Å²) in [7, 11) is 1.92. The van der Waals surface area contributed by atoms with Gasteiger partial charge in [0.15, 0.2) is 0 Å². The fourth-order valence-electron chi connectivity index (χ4n) is 1.96. The van der Waals surface area contributed by atoms with Gasteiger partial charge in [-0.15, -0.1) is 0 Å². The van der Waals surface area contributed by atoms with Crippen molar-refractivity contribution in [2.24, 2.45) is 5.92 Å². The molecular formula is C12H19FN2. The molecule has 1 aromatic heterocycles. The van der Waals surface area contributed by atoms with E-state index in [-0.39, 0.29) is 11.9 Å². The molecule has 0 fully saturated rings. The largest absolute Gasteiger partial charge is 0.311 e. The Kier molecular flexibility index (Phi) is 4.69. The van der Waals surface area contributed by atoms with E-state index in [1.807, 2.05) is 7.05 Å². The third-order valence-corrected chi connectivity index (χ3v) is 2.90. The third-order valence-electron chi connectivity index (χ3n) is 2.90. The minimum atomic E-state index is -0.279. The van der Waals surface area contributed by atoms with Crippen LogP contribution in [0.15, 0.2) is 18.3 Å². The molecule has 84 valence electrons. The van der Waals surface area contributed by atoms with Crippen LogP contribution in [0.2, 0.25) is 0 Å². The monoisotopic (exact) mass is 210 g/mol. The standard InChI is InChI=1S/C12H19FN2/c1-4-9(5-2)12(14-3)11-7-6-10(13)8-15-11/h6-9,12,14H,4-5H2,1-3H3. The van der Waals surface area contributed by atoms with E-state index in [0.717, 1.165) is 18.5 Å². The number of rotatable bonds is 5. The van der Waals surface area contributed by atoms with Crippen LogP contribution in [0.25, 0.3) is 0 Å². The Morgan fingerprint density at radius 1 is 1.33 bits per heavy atom. The lowest BCUT2D eigenvalue weighted by atomic mass is 9.91. The number of nitrogens with zero attached hydrogens (tertiary/aromatic N) is 1. The Morgan fingerprint density at radius 2 is 2.00 bits per heavy atom. The summed E-state index contributed by atoms with van der Waals surface area (Å²) in [4.78, 5) is 4.13. The third kappa shape index (κ3) is 2.99. The predicted molar refractivity (Wildman–Crippen MR) is 60.1 cm³/mol. The van der Waals surface area contributed by atoms with Crippen molar-refractivity contribution in [3.8, 4) is 0 Å². The quantitative estimate of drug-likeness (QED) is 0.808. The molecule has 0 aromatic carbocycles. The Bertz CT molecular complexity index is 280. The highest BCUT2D eigenvalue weighted by Gasteiger charge is 2.19. The van der Waals surface area contributed by atoms with Crippen molar-refractivity contribution in [3.63, 3.8) is 0 Å². The second-order valence-corrected chi connectivity index (χ2v) is 3.74. The molecule has 0 radical (unpaired) electrons. The average Bonchev–Trinajstić information content (AvgIpc) is 2.27. The molecule has 15 heavy (non-hydrogen) atoms. The van der Waals surface area contributed by atoms with Gasteiger partial charge in [-0.25, -0.2) is 4.39 Å². The van der Waals surface area contributed by atoms with Gasteiger partial charge in [-0.3, -0.25) is 4.98 Å². The second kappa shape index (κ2) is 5.81. The van der Waals surface area contributed by atoms with Crippen LogP contribution in [0.1, 0.15) is 38.4 Å². The lowest BCUT2D eigenvalue weighted by Crippen LogP contribution is -2.25. The normalized spacial score (nSPS) is 13.1. The molecule has 0 aliphatic carbocycles. The Balaban J connectivity index is 2.86. The van der Waals surface area contributed by atoms with Gasteiger partial charge in [-0.1, -0.05) is 26.7 Å². The summed E-state index contributed by atoms with van der Waals surface area (Å²) in [5, 5.41) is 3.25. The lowest BCUT2D eigenvalue weighted by Gasteiger charge is -2.24. The van der Waals surface area contributed by atoms with Gasteiger partial charge < -0.3 is 5.32 Å². The van der Waals surface area contributed by atoms with E-state index in [1.54, 1.807) is 6.07 Å². The minimum absolute atomic E-state index is 0.223. The zero-order valence-corrected chi connectivity index (χ0v) is 9.63. The number of aromatic nitrogens is 1. The number of nitrogens with one attached hydrogen (secondary N) is 1. The molecule has 0 saturated heterocycles. The molecule has 1 rings (SSSR count). The van der Waals surface area contributed by atoms with Gasteiger partial charge in [-0.05, 0) is 25.1 Å². The zero-order valence-electron chi connectivity index (χ0n) is 9.63. The van der Waals surface area contributed by atoms with Crippen molar-refractivity contribution in [2.45, 2.75) is 32.7 Å². The molecule has 0 bridgehead atoms. The van der Waals surface area contributed by atoms with Crippen LogP contribution in [-0.2, 0) is 0 Å². The van der Waals surface area contributed by atoms with Crippen molar-refractivity contribution in [2.75, 3.05) is 7.05 Å². The summed E-state index contributed by atoms with van der Waals surface area (Å²) < 4.78 is 12.7.